The molecule has 4 nitrogen and oxygen atoms in total. The van der Waals surface area contributed by atoms with E-state index in [1.165, 1.54) is 38.9 Å². The number of aryl methyl sites for hydroxylation is 1. The summed E-state index contributed by atoms with van der Waals surface area (Å²) in [5, 5.41) is 12.2. The minimum atomic E-state index is -0.141. The summed E-state index contributed by atoms with van der Waals surface area (Å²) in [5.74, 6) is 1.38. The number of hydrogen-bond acceptors (Lipinski definition) is 3. The number of phenolic OH excluding ortho intramolecular Hbond substituents is 1. The van der Waals surface area contributed by atoms with Crippen LogP contribution in [0.15, 0.2) is 164 Å². The van der Waals surface area contributed by atoms with Gasteiger partial charge in [-0.15, -0.1) is 0 Å². The van der Waals surface area contributed by atoms with Crippen molar-refractivity contribution in [3.8, 4) is 78.6 Å². The van der Waals surface area contributed by atoms with E-state index >= 15 is 0 Å². The zero-order valence-electron chi connectivity index (χ0n) is 38.5. The summed E-state index contributed by atoms with van der Waals surface area (Å²) in [4.78, 5) is 10.6. The molecule has 0 saturated heterocycles. The van der Waals surface area contributed by atoms with E-state index in [1.54, 1.807) is 0 Å². The second-order valence-corrected chi connectivity index (χ2v) is 19.0. The van der Waals surface area contributed by atoms with E-state index in [0.29, 0.717) is 5.82 Å². The van der Waals surface area contributed by atoms with Gasteiger partial charge in [0.25, 0.3) is 0 Å². The summed E-state index contributed by atoms with van der Waals surface area (Å²) in [6.45, 7) is 19.9. The molecule has 0 saturated carbocycles. The topological polar surface area (TPSA) is 50.9 Å². The van der Waals surface area contributed by atoms with Gasteiger partial charge in [-0.05, 0) is 146 Å². The molecule has 0 aliphatic rings. The molecule has 0 radical (unpaired) electrons. The van der Waals surface area contributed by atoms with Crippen molar-refractivity contribution in [2.75, 3.05) is 0 Å². The molecule has 318 valence electrons. The highest BCUT2D eigenvalue weighted by atomic mass is 16.3. The molecule has 1 N–H and O–H groups in total. The van der Waals surface area contributed by atoms with Gasteiger partial charge in [0.15, 0.2) is 0 Å². The maximum Gasteiger partial charge on any atom is 0.149 e. The van der Waals surface area contributed by atoms with Crippen LogP contribution < -0.4 is 0 Å². The van der Waals surface area contributed by atoms with Gasteiger partial charge in [-0.3, -0.25) is 9.55 Å². The Morgan fingerprint density at radius 3 is 1.83 bits per heavy atom. The van der Waals surface area contributed by atoms with Crippen LogP contribution in [-0.2, 0) is 5.41 Å². The van der Waals surface area contributed by atoms with Crippen LogP contribution in [0, 0.1) is 13.8 Å². The van der Waals surface area contributed by atoms with E-state index in [0.717, 1.165) is 66.9 Å². The Morgan fingerprint density at radius 2 is 1.17 bits per heavy atom. The number of hydrogen-bond donors (Lipinski definition) is 1. The van der Waals surface area contributed by atoms with Crippen molar-refractivity contribution in [1.82, 2.24) is 14.5 Å². The van der Waals surface area contributed by atoms with Crippen molar-refractivity contribution >= 4 is 11.0 Å². The fraction of sp³-hybridized carbons (Fsp3) is 0.200. The zero-order chi connectivity index (χ0) is 44.9. The molecule has 64 heavy (non-hydrogen) atoms. The van der Waals surface area contributed by atoms with Gasteiger partial charge in [-0.25, -0.2) is 4.98 Å². The van der Waals surface area contributed by atoms with Crippen molar-refractivity contribution in [3.05, 3.63) is 192 Å². The molecule has 0 aliphatic heterocycles. The lowest BCUT2D eigenvalue weighted by molar-refractivity contribution is 0.466. The highest BCUT2D eigenvalue weighted by Crippen LogP contribution is 2.44. The zero-order valence-corrected chi connectivity index (χ0v) is 38.5. The average molecular weight is 836 g/mol. The molecule has 0 spiro atoms. The molecule has 0 aliphatic carbocycles. The molecule has 4 heteroatoms. The highest BCUT2D eigenvalue weighted by molar-refractivity contribution is 5.97. The quantitative estimate of drug-likeness (QED) is 0.158. The fourth-order valence-corrected chi connectivity index (χ4v) is 8.90. The molecular weight excluding hydrogens is 779 g/mol. The van der Waals surface area contributed by atoms with E-state index in [1.807, 2.05) is 6.20 Å². The molecule has 0 bridgehead atoms. The van der Waals surface area contributed by atoms with Crippen LogP contribution in [0.5, 0.6) is 5.75 Å². The summed E-state index contributed by atoms with van der Waals surface area (Å²) in [7, 11) is 0. The number of imidazole rings is 1. The van der Waals surface area contributed by atoms with E-state index in [9.17, 15) is 5.11 Å². The van der Waals surface area contributed by atoms with Gasteiger partial charge in [-0.2, -0.15) is 0 Å². The number of para-hydroxylation sites is 1. The van der Waals surface area contributed by atoms with Crippen molar-refractivity contribution < 1.29 is 5.11 Å². The Hall–Kier alpha value is -7.04. The Balaban J connectivity index is 1.26. The Bertz CT molecular complexity index is 3150. The number of aromatic nitrogens is 3. The standard InChI is InChI=1S/C60H57N3O/c1-37(2)46-33-52(38(3)4)58(64)54(34-46)59-62-57-51(21-16-22-56(57)63(59)50-29-39(5)40(6)53(36-50)44-19-14-11-15-20-44)47-30-48(32-49(31-47)60(7,8)9)55-35-45(27-28-61-55)43-25-23-42(24-26-43)41-17-12-10-13-18-41/h10-38,64H,1-9H3. The number of rotatable bonds is 9. The van der Waals surface area contributed by atoms with Crippen molar-refractivity contribution in [3.63, 3.8) is 0 Å². The number of fused-ring (bicyclic) bond motifs is 1. The van der Waals surface area contributed by atoms with Gasteiger partial charge in [0, 0.05) is 23.0 Å². The Kier molecular flexibility index (Phi) is 11.2. The summed E-state index contributed by atoms with van der Waals surface area (Å²) >= 11 is 0. The average Bonchev–Trinajstić information content (AvgIpc) is 3.70. The van der Waals surface area contributed by atoms with Crippen molar-refractivity contribution in [2.24, 2.45) is 0 Å². The number of nitrogens with zero attached hydrogens (tertiary/aromatic N) is 3. The minimum absolute atomic E-state index is 0.122. The number of aromatic hydroxyl groups is 1. The van der Waals surface area contributed by atoms with Gasteiger partial charge in [0.05, 0.1) is 22.3 Å². The first-order valence-corrected chi connectivity index (χ1v) is 22.6. The lowest BCUT2D eigenvalue weighted by Crippen LogP contribution is -2.11. The summed E-state index contributed by atoms with van der Waals surface area (Å²) < 4.78 is 2.27. The first-order valence-electron chi connectivity index (χ1n) is 22.6. The van der Waals surface area contributed by atoms with E-state index < -0.39 is 0 Å². The molecule has 0 fully saturated rings. The highest BCUT2D eigenvalue weighted by Gasteiger charge is 2.25. The lowest BCUT2D eigenvalue weighted by atomic mass is 9.83. The smallest absolute Gasteiger partial charge is 0.149 e. The van der Waals surface area contributed by atoms with Gasteiger partial charge in [-0.1, -0.05) is 158 Å². The van der Waals surface area contributed by atoms with Crippen LogP contribution in [-0.4, -0.2) is 19.6 Å². The van der Waals surface area contributed by atoms with Gasteiger partial charge in [0.1, 0.15) is 11.6 Å². The third-order valence-electron chi connectivity index (χ3n) is 12.9. The normalized spacial score (nSPS) is 11.9. The lowest BCUT2D eigenvalue weighted by Gasteiger charge is -2.22. The molecular formula is C60H57N3O. The van der Waals surface area contributed by atoms with Crippen LogP contribution in [0.25, 0.3) is 83.9 Å². The molecule has 9 aromatic rings. The van der Waals surface area contributed by atoms with Gasteiger partial charge < -0.3 is 5.11 Å². The predicted molar refractivity (Wildman–Crippen MR) is 269 cm³/mol. The van der Waals surface area contributed by atoms with E-state index in [2.05, 4.69) is 225 Å². The van der Waals surface area contributed by atoms with Crippen LogP contribution in [0.2, 0.25) is 0 Å². The molecule has 9 rings (SSSR count). The summed E-state index contributed by atoms with van der Waals surface area (Å²) in [6, 6.07) is 56.4. The first-order chi connectivity index (χ1) is 30.7. The second kappa shape index (κ2) is 16.9. The predicted octanol–water partition coefficient (Wildman–Crippen LogP) is 16.3. The first kappa shape index (κ1) is 42.3. The van der Waals surface area contributed by atoms with Crippen LogP contribution in [0.1, 0.15) is 88.1 Å². The molecule has 7 aromatic carbocycles. The molecule has 0 amide bonds. The maximum absolute atomic E-state index is 12.2. The monoisotopic (exact) mass is 835 g/mol. The number of pyridine rings is 1. The summed E-state index contributed by atoms with van der Waals surface area (Å²) in [5.41, 5.74) is 20.2. The third-order valence-corrected chi connectivity index (χ3v) is 12.9. The summed E-state index contributed by atoms with van der Waals surface area (Å²) in [6.07, 6.45) is 1.92. The molecule has 0 unspecified atom stereocenters. The third kappa shape index (κ3) is 8.05. The number of phenols is 1. The maximum atomic E-state index is 12.2. The minimum Gasteiger partial charge on any atom is -0.507 e. The van der Waals surface area contributed by atoms with Gasteiger partial charge in [0.2, 0.25) is 0 Å². The van der Waals surface area contributed by atoms with Crippen molar-refractivity contribution in [1.29, 1.82) is 0 Å². The van der Waals surface area contributed by atoms with Crippen LogP contribution in [0.3, 0.4) is 0 Å². The Morgan fingerprint density at radius 1 is 0.531 bits per heavy atom. The second-order valence-electron chi connectivity index (χ2n) is 19.0. The van der Waals surface area contributed by atoms with Crippen LogP contribution in [0.4, 0.5) is 0 Å². The molecule has 2 heterocycles. The van der Waals surface area contributed by atoms with Crippen LogP contribution >= 0.6 is 0 Å². The number of benzene rings is 7. The van der Waals surface area contributed by atoms with E-state index in [-0.39, 0.29) is 23.0 Å². The van der Waals surface area contributed by atoms with Gasteiger partial charge >= 0.3 is 0 Å². The Labute approximate surface area is 379 Å². The molecule has 0 atom stereocenters. The van der Waals surface area contributed by atoms with E-state index in [4.69, 9.17) is 9.97 Å². The SMILES string of the molecule is Cc1cc(-n2c(-c3cc(C(C)C)cc(C(C)C)c3O)nc3c(-c4cc(-c5cc(-c6ccc(-c7ccccc7)cc6)ccn5)cc(C(C)(C)C)c4)cccc32)cc(-c2ccccc2)c1C. The largest absolute Gasteiger partial charge is 0.507 e. The molecule has 2 aromatic heterocycles. The fourth-order valence-electron chi connectivity index (χ4n) is 8.90. The van der Waals surface area contributed by atoms with Crippen molar-refractivity contribution in [2.45, 2.75) is 79.6 Å².